The van der Waals surface area contributed by atoms with Crippen LogP contribution in [0.5, 0.6) is 0 Å². The van der Waals surface area contributed by atoms with Crippen molar-refractivity contribution in [2.24, 2.45) is 0 Å². The van der Waals surface area contributed by atoms with Crippen LogP contribution in [0.15, 0.2) is 12.7 Å². The van der Waals surface area contributed by atoms with Crippen molar-refractivity contribution in [1.82, 2.24) is 18.9 Å². The highest BCUT2D eigenvalue weighted by Gasteiger charge is 2.45. The molecule has 2 aromatic heterocycles. The second-order valence-electron chi connectivity index (χ2n) is 6.06. The molecule has 22 heteroatoms. The molecule has 0 amide bonds. The molecular weight excluding hydrogens is 508 g/mol. The standard InChI is InChI=1S/C10H15N5O10P2.H2O4S/c11-8-5-9(15(3-13-8)26(18,19)20)14(2-12-5)10-7(17)6(16)4(25-10)1-24-27(21,22)23;1-5(2,3)4/h2-4,6-7,10-11,16-17H,1H2,(H2,18,19,20)(H2,21,22,23);(H2,1,2,3,4)/t4-,6-,7-,10-;/m1./s1. The molecule has 3 heterocycles. The van der Waals surface area contributed by atoms with Crippen molar-refractivity contribution in [3.05, 3.63) is 18.1 Å². The average Bonchev–Trinajstić information content (AvgIpc) is 3.14. The summed E-state index contributed by atoms with van der Waals surface area (Å²) in [6, 6.07) is 0. The van der Waals surface area contributed by atoms with Gasteiger partial charge in [0.1, 0.15) is 24.6 Å². The van der Waals surface area contributed by atoms with E-state index in [1.54, 1.807) is 0 Å². The van der Waals surface area contributed by atoms with Gasteiger partial charge in [-0.2, -0.15) is 8.42 Å². The Morgan fingerprint density at radius 3 is 2.16 bits per heavy atom. The maximum Gasteiger partial charge on any atom is 0.469 e. The molecule has 0 aliphatic carbocycles. The van der Waals surface area contributed by atoms with Crippen LogP contribution in [0, 0.1) is 5.41 Å². The Kier molecular flexibility index (Phi) is 7.74. The number of phosphoric ester groups is 1. The Balaban J connectivity index is 0.000000654. The lowest BCUT2D eigenvalue weighted by molar-refractivity contribution is -0.0505. The molecule has 1 aliphatic heterocycles. The topological polar surface area (TPSA) is 308 Å². The largest absolute Gasteiger partial charge is 0.469 e. The summed E-state index contributed by atoms with van der Waals surface area (Å²) >= 11 is 0. The molecule has 1 saturated heterocycles. The molecule has 32 heavy (non-hydrogen) atoms. The number of nitrogens with one attached hydrogen (secondary N) is 1. The number of imidazole rings is 1. The third kappa shape index (κ3) is 6.68. The van der Waals surface area contributed by atoms with E-state index in [4.69, 9.17) is 37.5 Å². The monoisotopic (exact) mass is 525 g/mol. The highest BCUT2D eigenvalue weighted by atomic mass is 32.3. The first-order chi connectivity index (χ1) is 14.4. The third-order valence-corrected chi connectivity index (χ3v) is 5.14. The Labute approximate surface area is 177 Å². The number of aliphatic hydroxyl groups is 2. The SMILES string of the molecule is N=c1ncn(P(=O)(O)O)c2c1ncn2[C@@H]1O[C@H](COP(=O)(O)O)[C@@H](O)[C@H]1O.O=S(=O)(O)O. The number of phosphoric acid groups is 1. The number of nitrogens with zero attached hydrogens (tertiary/aromatic N) is 4. The van der Waals surface area contributed by atoms with Crippen LogP contribution in [0.3, 0.4) is 0 Å². The quantitative estimate of drug-likeness (QED) is 0.136. The Hall–Kier alpha value is -1.64. The maximum atomic E-state index is 11.7. The van der Waals surface area contributed by atoms with Gasteiger partial charge in [0.05, 0.1) is 12.9 Å². The predicted octanol–water partition coefficient (Wildman–Crippen LogP) is -3.27. The van der Waals surface area contributed by atoms with E-state index in [1.165, 1.54) is 0 Å². The van der Waals surface area contributed by atoms with Crippen LogP contribution in [0.25, 0.3) is 11.2 Å². The van der Waals surface area contributed by atoms with Crippen molar-refractivity contribution in [2.45, 2.75) is 24.5 Å². The highest BCUT2D eigenvalue weighted by molar-refractivity contribution is 7.79. The van der Waals surface area contributed by atoms with Crippen molar-refractivity contribution >= 4 is 37.1 Å². The third-order valence-electron chi connectivity index (χ3n) is 3.80. The summed E-state index contributed by atoms with van der Waals surface area (Å²) < 4.78 is 65.1. The minimum absolute atomic E-state index is 0.207. The first kappa shape index (κ1) is 26.6. The fourth-order valence-corrected chi connectivity index (χ4v) is 3.59. The molecule has 1 aliphatic rings. The first-order valence-corrected chi connectivity index (χ1v) is 12.4. The summed E-state index contributed by atoms with van der Waals surface area (Å²) in [5.41, 5.74) is -0.917. The molecule has 9 N–H and O–H groups in total. The summed E-state index contributed by atoms with van der Waals surface area (Å²) in [6.07, 6.45) is -4.33. The molecule has 0 bridgehead atoms. The van der Waals surface area contributed by atoms with E-state index in [9.17, 15) is 29.1 Å². The van der Waals surface area contributed by atoms with E-state index in [2.05, 4.69) is 14.5 Å². The molecule has 19 nitrogen and oxygen atoms in total. The summed E-state index contributed by atoms with van der Waals surface area (Å²) in [5, 5.41) is 27.9. The first-order valence-electron chi connectivity index (χ1n) is 7.87. The van der Waals surface area contributed by atoms with E-state index < -0.39 is 62.6 Å². The van der Waals surface area contributed by atoms with Crippen LogP contribution in [-0.2, 0) is 28.8 Å². The average molecular weight is 525 g/mol. The van der Waals surface area contributed by atoms with Gasteiger partial charge in [0.15, 0.2) is 22.9 Å². The van der Waals surface area contributed by atoms with Gasteiger partial charge < -0.3 is 34.5 Å². The predicted molar refractivity (Wildman–Crippen MR) is 96.9 cm³/mol. The van der Waals surface area contributed by atoms with Gasteiger partial charge in [-0.3, -0.25) is 23.6 Å². The lowest BCUT2D eigenvalue weighted by atomic mass is 10.1. The second-order valence-corrected chi connectivity index (χ2v) is 9.65. The van der Waals surface area contributed by atoms with Gasteiger partial charge in [0.2, 0.25) is 0 Å². The Bertz CT molecular complexity index is 1220. The molecule has 1 fully saturated rings. The molecule has 0 radical (unpaired) electrons. The van der Waals surface area contributed by atoms with E-state index in [0.717, 1.165) is 17.2 Å². The lowest BCUT2D eigenvalue weighted by Gasteiger charge is -2.19. The fourth-order valence-electron chi connectivity index (χ4n) is 2.62. The molecule has 182 valence electrons. The number of hydrogen-bond donors (Lipinski definition) is 9. The Morgan fingerprint density at radius 1 is 1.09 bits per heavy atom. The summed E-state index contributed by atoms with van der Waals surface area (Å²) in [5.74, 6) is 0. The van der Waals surface area contributed by atoms with Crippen molar-refractivity contribution in [1.29, 1.82) is 5.41 Å². The van der Waals surface area contributed by atoms with Gasteiger partial charge >= 0.3 is 26.0 Å². The molecule has 2 aromatic rings. The number of rotatable bonds is 5. The van der Waals surface area contributed by atoms with Gasteiger partial charge in [0.25, 0.3) is 0 Å². The van der Waals surface area contributed by atoms with E-state index >= 15 is 0 Å². The summed E-state index contributed by atoms with van der Waals surface area (Å²) in [6.45, 7) is -0.755. The van der Waals surface area contributed by atoms with Crippen molar-refractivity contribution in [3.8, 4) is 0 Å². The van der Waals surface area contributed by atoms with Crippen molar-refractivity contribution < 1.29 is 65.7 Å². The number of hydrogen-bond acceptors (Lipinski definition) is 11. The zero-order valence-electron chi connectivity index (χ0n) is 15.3. The highest BCUT2D eigenvalue weighted by Crippen LogP contribution is 2.41. The Morgan fingerprint density at radius 2 is 1.66 bits per heavy atom. The molecule has 0 saturated carbocycles. The summed E-state index contributed by atoms with van der Waals surface area (Å²) in [4.78, 5) is 43.8. The van der Waals surface area contributed by atoms with E-state index in [0.29, 0.717) is 4.34 Å². The van der Waals surface area contributed by atoms with Crippen LogP contribution < -0.4 is 5.49 Å². The molecule has 0 unspecified atom stereocenters. The lowest BCUT2D eigenvalue weighted by Crippen LogP contribution is -2.33. The van der Waals surface area contributed by atoms with Crippen LogP contribution >= 0.6 is 15.6 Å². The fraction of sp³-hybridized carbons (Fsp3) is 0.500. The number of aliphatic hydroxyl groups excluding tert-OH is 2. The van der Waals surface area contributed by atoms with E-state index in [1.807, 2.05) is 0 Å². The smallest absolute Gasteiger partial charge is 0.387 e. The van der Waals surface area contributed by atoms with E-state index in [-0.39, 0.29) is 11.2 Å². The van der Waals surface area contributed by atoms with Crippen molar-refractivity contribution in [3.63, 3.8) is 0 Å². The molecular formula is C10H17N5O14P2S. The van der Waals surface area contributed by atoms with Gasteiger partial charge in [-0.15, -0.1) is 0 Å². The molecule has 0 spiro atoms. The zero-order chi connectivity index (χ0) is 24.6. The number of ether oxygens (including phenoxy) is 1. The number of fused-ring (bicyclic) bond motifs is 1. The van der Waals surface area contributed by atoms with Crippen LogP contribution in [0.2, 0.25) is 0 Å². The summed E-state index contributed by atoms with van der Waals surface area (Å²) in [7, 11) is -14.4. The van der Waals surface area contributed by atoms with Crippen LogP contribution in [-0.4, -0.2) is 91.1 Å². The van der Waals surface area contributed by atoms with Gasteiger partial charge in [-0.1, -0.05) is 0 Å². The minimum Gasteiger partial charge on any atom is -0.387 e. The van der Waals surface area contributed by atoms with Gasteiger partial charge in [-0.05, 0) is 0 Å². The molecule has 0 aromatic carbocycles. The van der Waals surface area contributed by atoms with Gasteiger partial charge in [-0.25, -0.2) is 23.4 Å². The van der Waals surface area contributed by atoms with Gasteiger partial charge in [0, 0.05) is 0 Å². The van der Waals surface area contributed by atoms with Crippen LogP contribution in [0.4, 0.5) is 0 Å². The van der Waals surface area contributed by atoms with Crippen molar-refractivity contribution in [2.75, 3.05) is 6.61 Å². The number of aromatic nitrogens is 4. The minimum atomic E-state index is -4.92. The second kappa shape index (κ2) is 9.31. The molecule has 3 rings (SSSR count). The zero-order valence-corrected chi connectivity index (χ0v) is 17.9. The molecule has 4 atom stereocenters. The van der Waals surface area contributed by atoms with Crippen LogP contribution in [0.1, 0.15) is 6.23 Å². The maximum absolute atomic E-state index is 11.7. The normalized spacial score (nSPS) is 24.4.